The summed E-state index contributed by atoms with van der Waals surface area (Å²) >= 11 is 3.45. The molecule has 138 valence electrons. The zero-order valence-corrected chi connectivity index (χ0v) is 17.7. The number of ether oxygens (including phenoxy) is 2. The Labute approximate surface area is 174 Å². The third-order valence-electron chi connectivity index (χ3n) is 2.87. The van der Waals surface area contributed by atoms with E-state index in [9.17, 15) is 27.9 Å². The van der Waals surface area contributed by atoms with E-state index in [2.05, 4.69) is 0 Å². The lowest BCUT2D eigenvalue weighted by Gasteiger charge is -2.10. The van der Waals surface area contributed by atoms with Crippen LogP contribution in [-0.4, -0.2) is 30.5 Å². The molecule has 0 unspecified atom stereocenters. The maximum absolute atomic E-state index is 11.8. The van der Waals surface area contributed by atoms with E-state index in [1.165, 1.54) is 36.4 Å². The van der Waals surface area contributed by atoms with Crippen LogP contribution in [0.5, 0.6) is 11.5 Å². The van der Waals surface area contributed by atoms with E-state index in [4.69, 9.17) is 9.47 Å². The van der Waals surface area contributed by atoms with Crippen LogP contribution >= 0.6 is 45.2 Å². The lowest BCUT2D eigenvalue weighted by atomic mass is 10.3. The lowest BCUT2D eigenvalue weighted by molar-refractivity contribution is -0.384. The zero-order chi connectivity index (χ0) is 19.5. The van der Waals surface area contributed by atoms with Crippen molar-refractivity contribution in [2.75, 3.05) is 6.61 Å². The van der Waals surface area contributed by atoms with Crippen molar-refractivity contribution in [3.05, 3.63) is 53.7 Å². The Morgan fingerprint density at radius 1 is 1.12 bits per heavy atom. The molecule has 12 heteroatoms. The fourth-order valence-electron chi connectivity index (χ4n) is 1.81. The Bertz CT molecular complexity index is 936. The number of halogens is 2. The van der Waals surface area contributed by atoms with Gasteiger partial charge < -0.3 is 9.47 Å². The molecule has 0 saturated heterocycles. The summed E-state index contributed by atoms with van der Waals surface area (Å²) in [6, 6.07) is 7.66. The largest absolute Gasteiger partial charge is 0.482 e. The molecule has 0 aromatic heterocycles. The number of benzene rings is 2. The van der Waals surface area contributed by atoms with Gasteiger partial charge in [-0.3, -0.25) is 14.7 Å². The van der Waals surface area contributed by atoms with Crippen molar-refractivity contribution in [3.8, 4) is 11.5 Å². The van der Waals surface area contributed by atoms with Crippen LogP contribution in [0.15, 0.2) is 41.3 Å². The van der Waals surface area contributed by atoms with Gasteiger partial charge >= 0.3 is 5.97 Å². The van der Waals surface area contributed by atoms with E-state index >= 15 is 0 Å². The van der Waals surface area contributed by atoms with Gasteiger partial charge in [0.05, 0.1) is 4.92 Å². The maximum Gasteiger partial charge on any atom is 0.349 e. The fraction of sp³-hybridized carbons (Fsp3) is 0.0714. The van der Waals surface area contributed by atoms with Crippen LogP contribution in [0.1, 0.15) is 0 Å². The second-order valence-corrected chi connectivity index (χ2v) is 8.39. The number of hydrogen-bond donors (Lipinski definition) is 1. The molecule has 0 heterocycles. The standard InChI is InChI=1S/C14H9I2NO8S/c15-11-5-10(6-12(16)14(11)26(21,22)23)24-7-13(18)25-9-3-1-8(2-4-9)17(19)20/h1-6H,7H2,(H,21,22,23). The van der Waals surface area contributed by atoms with Gasteiger partial charge in [-0.2, -0.15) is 8.42 Å². The number of rotatable bonds is 6. The molecule has 0 aliphatic carbocycles. The minimum atomic E-state index is -4.37. The first kappa shape index (κ1) is 20.8. The molecule has 9 nitrogen and oxygen atoms in total. The molecule has 0 bridgehead atoms. The minimum absolute atomic E-state index is 0.120. The van der Waals surface area contributed by atoms with E-state index in [-0.39, 0.29) is 29.2 Å². The molecule has 2 rings (SSSR count). The Morgan fingerprint density at radius 3 is 2.12 bits per heavy atom. The average molecular weight is 605 g/mol. The topological polar surface area (TPSA) is 133 Å². The second kappa shape index (κ2) is 8.45. The van der Waals surface area contributed by atoms with Crippen LogP contribution in [0.3, 0.4) is 0 Å². The average Bonchev–Trinajstić information content (AvgIpc) is 2.51. The van der Waals surface area contributed by atoms with Crippen LogP contribution in [0.2, 0.25) is 0 Å². The highest BCUT2D eigenvalue weighted by Gasteiger charge is 2.20. The highest BCUT2D eigenvalue weighted by Crippen LogP contribution is 2.29. The van der Waals surface area contributed by atoms with Crippen molar-refractivity contribution in [2.24, 2.45) is 0 Å². The maximum atomic E-state index is 11.8. The van der Waals surface area contributed by atoms with E-state index in [1.807, 2.05) is 0 Å². The van der Waals surface area contributed by atoms with Gasteiger partial charge in [0.2, 0.25) is 0 Å². The van der Waals surface area contributed by atoms with Crippen molar-refractivity contribution in [3.63, 3.8) is 0 Å². The summed E-state index contributed by atoms with van der Waals surface area (Å²) in [4.78, 5) is 21.5. The first-order chi connectivity index (χ1) is 12.1. The van der Waals surface area contributed by atoms with Crippen molar-refractivity contribution < 1.29 is 32.2 Å². The van der Waals surface area contributed by atoms with E-state index in [1.54, 1.807) is 45.2 Å². The third kappa shape index (κ3) is 5.49. The highest BCUT2D eigenvalue weighted by molar-refractivity contribution is 14.1. The Morgan fingerprint density at radius 2 is 1.65 bits per heavy atom. The smallest absolute Gasteiger partial charge is 0.349 e. The molecule has 0 atom stereocenters. The Balaban J connectivity index is 2.02. The summed E-state index contributed by atoms with van der Waals surface area (Å²) in [6.45, 7) is -0.464. The van der Waals surface area contributed by atoms with Crippen LogP contribution < -0.4 is 9.47 Å². The zero-order valence-electron chi connectivity index (χ0n) is 12.6. The van der Waals surface area contributed by atoms with Gasteiger partial charge in [-0.15, -0.1) is 0 Å². The van der Waals surface area contributed by atoms with E-state index in [0.29, 0.717) is 0 Å². The molecule has 2 aromatic carbocycles. The summed E-state index contributed by atoms with van der Waals surface area (Å²) in [5.74, 6) is -0.412. The van der Waals surface area contributed by atoms with Gasteiger partial charge in [0, 0.05) is 19.3 Å². The quantitative estimate of drug-likeness (QED) is 0.133. The van der Waals surface area contributed by atoms with Crippen LogP contribution in [0.4, 0.5) is 5.69 Å². The molecular formula is C14H9I2NO8S. The first-order valence-corrected chi connectivity index (χ1v) is 10.2. The molecule has 0 spiro atoms. The normalized spacial score (nSPS) is 11.0. The molecule has 0 amide bonds. The number of non-ortho nitro benzene ring substituents is 1. The van der Waals surface area contributed by atoms with Crippen molar-refractivity contribution in [1.82, 2.24) is 0 Å². The number of nitrogens with zero attached hydrogens (tertiary/aromatic N) is 1. The van der Waals surface area contributed by atoms with Crippen LogP contribution in [-0.2, 0) is 14.9 Å². The lowest BCUT2D eigenvalue weighted by Crippen LogP contribution is -2.18. The molecule has 0 aliphatic rings. The van der Waals surface area contributed by atoms with Gasteiger partial charge in [-0.05, 0) is 69.4 Å². The molecule has 1 N–H and O–H groups in total. The molecule has 0 aliphatic heterocycles. The monoisotopic (exact) mass is 605 g/mol. The Kier molecular flexibility index (Phi) is 6.75. The second-order valence-electron chi connectivity index (χ2n) is 4.70. The number of carbonyl (C=O) groups is 1. The molecule has 0 saturated carbocycles. The number of esters is 1. The minimum Gasteiger partial charge on any atom is -0.482 e. The highest BCUT2D eigenvalue weighted by atomic mass is 127. The predicted molar refractivity (Wildman–Crippen MR) is 106 cm³/mol. The van der Waals surface area contributed by atoms with Crippen molar-refractivity contribution in [2.45, 2.75) is 4.90 Å². The molecule has 26 heavy (non-hydrogen) atoms. The molecule has 2 aromatic rings. The summed E-state index contributed by atoms with van der Waals surface area (Å²) in [7, 11) is -4.37. The van der Waals surface area contributed by atoms with Crippen molar-refractivity contribution in [1.29, 1.82) is 0 Å². The summed E-state index contributed by atoms with van der Waals surface area (Å²) in [5.41, 5.74) is -0.135. The first-order valence-electron chi connectivity index (χ1n) is 6.62. The number of nitro groups is 1. The van der Waals surface area contributed by atoms with E-state index in [0.717, 1.165) is 0 Å². The van der Waals surface area contributed by atoms with Gasteiger partial charge in [-0.25, -0.2) is 4.79 Å². The van der Waals surface area contributed by atoms with E-state index < -0.39 is 27.6 Å². The summed E-state index contributed by atoms with van der Waals surface area (Å²) < 4.78 is 42.5. The van der Waals surface area contributed by atoms with Gasteiger partial charge in [0.15, 0.2) is 6.61 Å². The summed E-state index contributed by atoms with van der Waals surface area (Å²) in [6.07, 6.45) is 0. The van der Waals surface area contributed by atoms with Crippen molar-refractivity contribution >= 4 is 67.0 Å². The molecule has 0 fully saturated rings. The van der Waals surface area contributed by atoms with Gasteiger partial charge in [0.1, 0.15) is 16.4 Å². The number of nitro benzene ring substituents is 1. The molecule has 0 radical (unpaired) electrons. The Hall–Kier alpha value is -1.52. The van der Waals surface area contributed by atoms with Gasteiger partial charge in [0.25, 0.3) is 15.8 Å². The predicted octanol–water partition coefficient (Wildman–Crippen LogP) is 3.04. The molecular weight excluding hydrogens is 596 g/mol. The number of hydrogen-bond acceptors (Lipinski definition) is 7. The SMILES string of the molecule is O=C(COc1cc(I)c(S(=O)(=O)O)c(I)c1)Oc1ccc([N+](=O)[O-])cc1. The summed E-state index contributed by atoms with van der Waals surface area (Å²) in [5, 5.41) is 10.6. The van der Waals surface area contributed by atoms with Crippen LogP contribution in [0.25, 0.3) is 0 Å². The van der Waals surface area contributed by atoms with Crippen LogP contribution in [0, 0.1) is 17.3 Å². The van der Waals surface area contributed by atoms with Gasteiger partial charge in [-0.1, -0.05) is 0 Å². The fourth-order valence-corrected chi connectivity index (χ4v) is 5.80. The third-order valence-corrected chi connectivity index (χ3v) is 6.25. The number of carbonyl (C=O) groups excluding carboxylic acids is 1.